The van der Waals surface area contributed by atoms with Crippen molar-refractivity contribution in [1.82, 2.24) is 29.8 Å². The normalized spacial score (nSPS) is 20.9. The Morgan fingerprint density at radius 3 is 2.19 bits per heavy atom. The largest absolute Gasteiger partial charge is 0.419 e. The number of hydrogen-bond donors (Lipinski definition) is 3. The van der Waals surface area contributed by atoms with Crippen molar-refractivity contribution in [3.05, 3.63) is 77.4 Å². The Morgan fingerprint density at radius 2 is 1.59 bits per heavy atom. The molecule has 0 aliphatic carbocycles. The van der Waals surface area contributed by atoms with Crippen LogP contribution in [0.1, 0.15) is 78.8 Å². The molecular formula is C40H50F4N8O5S. The number of likely N-dealkylation sites (tertiary alicyclic amines) is 1. The van der Waals surface area contributed by atoms with E-state index in [-0.39, 0.29) is 53.4 Å². The predicted octanol–water partition coefficient (Wildman–Crippen LogP) is 4.82. The summed E-state index contributed by atoms with van der Waals surface area (Å²) in [6, 6.07) is 11.7. The number of carbonyl (C=O) groups excluding carboxylic acids is 3. The Hall–Kier alpha value is -4.52. The molecule has 18 heteroatoms. The van der Waals surface area contributed by atoms with Crippen LogP contribution < -0.4 is 20.9 Å². The molecule has 0 spiro atoms. The Labute approximate surface area is 336 Å². The molecule has 13 nitrogen and oxygen atoms in total. The minimum Gasteiger partial charge on any atom is -0.371 e. The second-order valence-electron chi connectivity index (χ2n) is 15.3. The van der Waals surface area contributed by atoms with Crippen LogP contribution in [0.2, 0.25) is 0 Å². The fourth-order valence-corrected chi connectivity index (χ4v) is 9.52. The quantitative estimate of drug-likeness (QED) is 0.146. The summed E-state index contributed by atoms with van der Waals surface area (Å²) in [6.07, 6.45) is 3.45. The fourth-order valence-electron chi connectivity index (χ4n) is 8.01. The lowest BCUT2D eigenvalue weighted by Crippen LogP contribution is -2.49. The van der Waals surface area contributed by atoms with Crippen LogP contribution in [-0.4, -0.2) is 111 Å². The molecule has 0 bridgehead atoms. The number of aldehydes is 1. The van der Waals surface area contributed by atoms with Gasteiger partial charge in [-0.3, -0.25) is 19.7 Å². The van der Waals surface area contributed by atoms with Crippen LogP contribution in [-0.2, 0) is 25.8 Å². The third-order valence-electron chi connectivity index (χ3n) is 11.5. The van der Waals surface area contributed by atoms with Crippen LogP contribution in [0.25, 0.3) is 0 Å². The highest BCUT2D eigenvalue weighted by Gasteiger charge is 2.33. The molecule has 2 aromatic carbocycles. The van der Waals surface area contributed by atoms with Gasteiger partial charge in [0.15, 0.2) is 6.29 Å². The Morgan fingerprint density at radius 1 is 0.897 bits per heavy atom. The minimum absolute atomic E-state index is 0.0852. The number of likely N-dealkylation sites (N-methyl/N-ethyl adjacent to an activating group) is 1. The third-order valence-corrected chi connectivity index (χ3v) is 13.4. The molecule has 5 heterocycles. The minimum atomic E-state index is -4.51. The maximum atomic E-state index is 14.1. The van der Waals surface area contributed by atoms with E-state index in [4.69, 9.17) is 0 Å². The number of anilines is 2. The standard InChI is InChI=1S/C34H40F4N6O3S.C6H10N2O2/c35-32-18-26(4-5-27(32)23-45)25-8-12-42(13-9-25)22-24-6-14-43(15-7-24)30-2-1-3-31(19-30)48(46,47)44-16-10-29(11-17-44)41-33-39-20-28(21-40-33)34(36,37)38;1-7-4-2-3-5(9)8-6(4)10/h1-5,18-21,23-25,29H,6-17,22H2,(H,39,40,41);4,7H,2-3H2,1H3,(H,8,9,10). The topological polar surface area (TPSA) is 157 Å². The SMILES string of the molecule is CNC1CCC(=O)NC1=O.O=Cc1ccc(C2CCN(CC3CCN(c4cccc(S(=O)(=O)N5CCC(Nc6ncc(C(F)(F)F)cn6)CC5)c4)CC3)CC2)cc1F. The van der Waals surface area contributed by atoms with E-state index in [9.17, 15) is 40.4 Å². The highest BCUT2D eigenvalue weighted by Crippen LogP contribution is 2.32. The summed E-state index contributed by atoms with van der Waals surface area (Å²) < 4.78 is 81.1. The van der Waals surface area contributed by atoms with E-state index >= 15 is 0 Å². The maximum absolute atomic E-state index is 14.1. The third kappa shape index (κ3) is 10.9. The number of halogens is 4. The van der Waals surface area contributed by atoms with Crippen molar-refractivity contribution in [2.45, 2.75) is 80.4 Å². The number of rotatable bonds is 10. The summed E-state index contributed by atoms with van der Waals surface area (Å²) in [6.45, 7) is 5.17. The average molecular weight is 831 g/mol. The van der Waals surface area contributed by atoms with Crippen molar-refractivity contribution >= 4 is 39.8 Å². The summed E-state index contributed by atoms with van der Waals surface area (Å²) in [5.74, 6) is 0.104. The van der Waals surface area contributed by atoms with Gasteiger partial charge in [-0.1, -0.05) is 12.1 Å². The molecular weight excluding hydrogens is 781 g/mol. The van der Waals surface area contributed by atoms with Crippen molar-refractivity contribution in [1.29, 1.82) is 0 Å². The number of nitrogens with zero attached hydrogens (tertiary/aromatic N) is 5. The monoisotopic (exact) mass is 830 g/mol. The molecule has 2 amide bonds. The molecule has 58 heavy (non-hydrogen) atoms. The first-order chi connectivity index (χ1) is 27.7. The number of hydrogen-bond acceptors (Lipinski definition) is 11. The molecule has 4 fully saturated rings. The molecule has 3 N–H and O–H groups in total. The van der Waals surface area contributed by atoms with Crippen LogP contribution in [0.3, 0.4) is 0 Å². The zero-order chi connectivity index (χ0) is 41.5. The van der Waals surface area contributed by atoms with Gasteiger partial charge in [-0.15, -0.1) is 0 Å². The summed E-state index contributed by atoms with van der Waals surface area (Å²) in [5, 5.41) is 8.07. The van der Waals surface area contributed by atoms with E-state index in [0.717, 1.165) is 82.1 Å². The molecule has 314 valence electrons. The molecule has 4 saturated heterocycles. The van der Waals surface area contributed by atoms with Gasteiger partial charge < -0.3 is 20.4 Å². The summed E-state index contributed by atoms with van der Waals surface area (Å²) >= 11 is 0. The molecule has 7 rings (SSSR count). The van der Waals surface area contributed by atoms with Gasteiger partial charge in [-0.2, -0.15) is 17.5 Å². The zero-order valence-corrected chi connectivity index (χ0v) is 33.2. The lowest BCUT2D eigenvalue weighted by atomic mass is 9.88. The molecule has 3 aromatic rings. The van der Waals surface area contributed by atoms with E-state index in [1.54, 1.807) is 31.3 Å². The van der Waals surface area contributed by atoms with E-state index in [2.05, 4.69) is 35.7 Å². The molecule has 4 aliphatic rings. The van der Waals surface area contributed by atoms with E-state index < -0.39 is 27.6 Å². The molecule has 4 aliphatic heterocycles. The van der Waals surface area contributed by atoms with Crippen LogP contribution in [0.5, 0.6) is 0 Å². The number of piperidine rings is 4. The average Bonchev–Trinajstić information content (AvgIpc) is 3.22. The van der Waals surface area contributed by atoms with Gasteiger partial charge in [0.05, 0.1) is 22.1 Å². The number of amides is 2. The number of sulfonamides is 1. The van der Waals surface area contributed by atoms with Gasteiger partial charge >= 0.3 is 6.18 Å². The number of carbonyl (C=O) groups is 3. The Bertz CT molecular complexity index is 2000. The summed E-state index contributed by atoms with van der Waals surface area (Å²) in [5.41, 5.74) is 1.02. The second kappa shape index (κ2) is 19.0. The van der Waals surface area contributed by atoms with E-state index in [0.29, 0.717) is 43.8 Å². The van der Waals surface area contributed by atoms with Gasteiger partial charge in [0.2, 0.25) is 27.8 Å². The first-order valence-electron chi connectivity index (χ1n) is 19.7. The summed E-state index contributed by atoms with van der Waals surface area (Å²) in [7, 11) is -2.01. The summed E-state index contributed by atoms with van der Waals surface area (Å²) in [4.78, 5) is 44.9. The number of imide groups is 1. The molecule has 1 aromatic heterocycles. The van der Waals surface area contributed by atoms with Crippen molar-refractivity contribution in [3.8, 4) is 0 Å². The zero-order valence-electron chi connectivity index (χ0n) is 32.4. The molecule has 0 radical (unpaired) electrons. The first-order valence-corrected chi connectivity index (χ1v) is 21.2. The van der Waals surface area contributed by atoms with Gasteiger partial charge in [0.25, 0.3) is 0 Å². The Balaban J connectivity index is 0.000000496. The van der Waals surface area contributed by atoms with E-state index in [1.165, 1.54) is 10.4 Å². The molecule has 0 saturated carbocycles. The van der Waals surface area contributed by atoms with Crippen molar-refractivity contribution < 1.29 is 40.4 Å². The second-order valence-corrected chi connectivity index (χ2v) is 17.2. The van der Waals surface area contributed by atoms with Gasteiger partial charge in [0, 0.05) is 63.3 Å². The number of nitrogens with one attached hydrogen (secondary N) is 3. The maximum Gasteiger partial charge on any atom is 0.419 e. The smallest absolute Gasteiger partial charge is 0.371 e. The highest BCUT2D eigenvalue weighted by molar-refractivity contribution is 7.89. The highest BCUT2D eigenvalue weighted by atomic mass is 32.2. The first kappa shape index (κ1) is 43.1. The van der Waals surface area contributed by atoms with Gasteiger partial charge in [-0.25, -0.2) is 22.8 Å². The van der Waals surface area contributed by atoms with Gasteiger partial charge in [-0.05, 0) is 113 Å². The molecule has 1 atom stereocenters. The van der Waals surface area contributed by atoms with Crippen molar-refractivity contribution in [2.24, 2.45) is 5.92 Å². The fraction of sp³-hybridized carbons (Fsp3) is 0.525. The van der Waals surface area contributed by atoms with Crippen LogP contribution >= 0.6 is 0 Å². The molecule has 1 unspecified atom stereocenters. The van der Waals surface area contributed by atoms with Gasteiger partial charge in [0.1, 0.15) is 5.82 Å². The number of aromatic nitrogens is 2. The Kier molecular flexibility index (Phi) is 14.1. The van der Waals surface area contributed by atoms with Crippen LogP contribution in [0.4, 0.5) is 29.2 Å². The lowest BCUT2D eigenvalue weighted by molar-refractivity contribution is -0.138. The van der Waals surface area contributed by atoms with Crippen molar-refractivity contribution in [2.75, 3.05) is 63.1 Å². The van der Waals surface area contributed by atoms with E-state index in [1.807, 2.05) is 12.1 Å². The van der Waals surface area contributed by atoms with Crippen molar-refractivity contribution in [3.63, 3.8) is 0 Å². The van der Waals surface area contributed by atoms with Crippen LogP contribution in [0, 0.1) is 11.7 Å². The number of benzene rings is 2. The lowest BCUT2D eigenvalue weighted by Gasteiger charge is -2.38. The predicted molar refractivity (Wildman–Crippen MR) is 209 cm³/mol. The number of alkyl halides is 3. The van der Waals surface area contributed by atoms with Crippen LogP contribution in [0.15, 0.2) is 59.8 Å².